The van der Waals surface area contributed by atoms with Gasteiger partial charge in [-0.05, 0) is 30.3 Å². The van der Waals surface area contributed by atoms with Gasteiger partial charge in [0.1, 0.15) is 24.3 Å². The maximum absolute atomic E-state index is 12.2. The molecule has 0 unspecified atom stereocenters. The van der Waals surface area contributed by atoms with Crippen LogP contribution in [0, 0.1) is 0 Å². The van der Waals surface area contributed by atoms with Crippen LogP contribution < -0.4 is 11.4 Å². The first-order valence-electron chi connectivity index (χ1n) is 8.44. The van der Waals surface area contributed by atoms with E-state index in [1.807, 2.05) is 0 Å². The van der Waals surface area contributed by atoms with Gasteiger partial charge in [-0.15, -0.1) is 0 Å². The number of hydrogen-bond acceptors (Lipinski definition) is 7. The van der Waals surface area contributed by atoms with Crippen molar-refractivity contribution in [3.63, 3.8) is 0 Å². The molecule has 0 spiro atoms. The second-order valence-electron chi connectivity index (χ2n) is 7.81. The highest BCUT2D eigenvalue weighted by Crippen LogP contribution is 2.40. The molecule has 1 aliphatic rings. The third kappa shape index (κ3) is 4.53. The van der Waals surface area contributed by atoms with E-state index in [0.717, 1.165) is 0 Å². The molecule has 8 nitrogen and oxygen atoms in total. The summed E-state index contributed by atoms with van der Waals surface area (Å²) >= 11 is 0. The number of aromatic nitrogens is 2. The molecule has 9 heteroatoms. The number of esters is 1. The molecule has 1 aromatic rings. The normalized spacial score (nSPS) is 20.5. The van der Waals surface area contributed by atoms with Crippen molar-refractivity contribution in [3.8, 4) is 0 Å². The lowest BCUT2D eigenvalue weighted by atomic mass is 10.2. The van der Waals surface area contributed by atoms with Crippen LogP contribution in [0.15, 0.2) is 28.9 Å². The Morgan fingerprint density at radius 3 is 2.62 bits per heavy atom. The van der Waals surface area contributed by atoms with Gasteiger partial charge in [0.2, 0.25) is 6.23 Å². The van der Waals surface area contributed by atoms with Gasteiger partial charge in [0.05, 0.1) is 0 Å². The van der Waals surface area contributed by atoms with Crippen molar-refractivity contribution in [1.29, 1.82) is 0 Å². The van der Waals surface area contributed by atoms with Crippen LogP contribution in [0.3, 0.4) is 0 Å². The largest absolute Gasteiger partial charge is 0.468 e. The Hall–Kier alpha value is -2.13. The highest BCUT2D eigenvalue weighted by atomic mass is 28.4. The van der Waals surface area contributed by atoms with E-state index in [-0.39, 0.29) is 17.5 Å². The first kappa shape index (κ1) is 20.2. The zero-order chi connectivity index (χ0) is 19.7. The molecule has 0 saturated carbocycles. The van der Waals surface area contributed by atoms with Crippen molar-refractivity contribution in [2.24, 2.45) is 0 Å². The number of nitrogens with two attached hydrogens (primary N) is 1. The molecule has 26 heavy (non-hydrogen) atoms. The van der Waals surface area contributed by atoms with Gasteiger partial charge in [-0.2, -0.15) is 4.98 Å². The third-order valence-corrected chi connectivity index (χ3v) is 9.16. The van der Waals surface area contributed by atoms with E-state index in [1.54, 1.807) is 6.08 Å². The SMILES string of the molecule is CC(=O)OCC1=C[C@@H](O[Si](C)(C)C(C)(C)C)[C@H](n2ccc(N)nc2=O)O1. The van der Waals surface area contributed by atoms with Gasteiger partial charge in [0.25, 0.3) is 0 Å². The fourth-order valence-corrected chi connectivity index (χ4v) is 3.44. The summed E-state index contributed by atoms with van der Waals surface area (Å²) in [4.78, 5) is 27.1. The number of carbonyl (C=O) groups excluding carboxylic acids is 1. The number of nitrogens with zero attached hydrogens (tertiary/aromatic N) is 2. The topological polar surface area (TPSA) is 106 Å². The molecular formula is C17H27N3O5Si. The molecule has 2 N–H and O–H groups in total. The van der Waals surface area contributed by atoms with E-state index in [2.05, 4.69) is 38.8 Å². The minimum Gasteiger partial charge on any atom is -0.468 e. The van der Waals surface area contributed by atoms with Crippen LogP contribution in [0.2, 0.25) is 18.1 Å². The summed E-state index contributed by atoms with van der Waals surface area (Å²) in [5.41, 5.74) is 5.04. The second-order valence-corrected chi connectivity index (χ2v) is 12.6. The van der Waals surface area contributed by atoms with Crippen molar-refractivity contribution in [2.45, 2.75) is 58.2 Å². The lowest BCUT2D eigenvalue weighted by Gasteiger charge is -2.39. The van der Waals surface area contributed by atoms with Gasteiger partial charge in [0.15, 0.2) is 8.32 Å². The molecule has 2 atom stereocenters. The third-order valence-electron chi connectivity index (χ3n) is 4.68. The molecule has 2 rings (SSSR count). The van der Waals surface area contributed by atoms with Crippen LogP contribution in [0.1, 0.15) is 33.9 Å². The van der Waals surface area contributed by atoms with E-state index >= 15 is 0 Å². The summed E-state index contributed by atoms with van der Waals surface area (Å²) in [5.74, 6) is 0.169. The van der Waals surface area contributed by atoms with Crippen molar-refractivity contribution >= 4 is 20.1 Å². The van der Waals surface area contributed by atoms with E-state index in [0.29, 0.717) is 5.76 Å². The highest BCUT2D eigenvalue weighted by Gasteiger charge is 2.43. The predicted octanol–water partition coefficient (Wildman–Crippen LogP) is 2.19. The molecule has 0 fully saturated rings. The summed E-state index contributed by atoms with van der Waals surface area (Å²) in [7, 11) is -2.14. The Morgan fingerprint density at radius 1 is 1.42 bits per heavy atom. The van der Waals surface area contributed by atoms with Crippen molar-refractivity contribution in [2.75, 3.05) is 12.3 Å². The molecule has 0 saturated heterocycles. The fraction of sp³-hybridized carbons (Fsp3) is 0.588. The maximum atomic E-state index is 12.2. The molecule has 2 heterocycles. The Morgan fingerprint density at radius 2 is 2.08 bits per heavy atom. The van der Waals surface area contributed by atoms with E-state index in [1.165, 1.54) is 23.8 Å². The monoisotopic (exact) mass is 381 g/mol. The lowest BCUT2D eigenvalue weighted by Crippen LogP contribution is -2.46. The Bertz CT molecular complexity index is 766. The number of nitrogen functional groups attached to an aromatic ring is 1. The number of ether oxygens (including phenoxy) is 2. The van der Waals surface area contributed by atoms with Crippen LogP contribution in [-0.4, -0.2) is 36.5 Å². The number of carbonyl (C=O) groups is 1. The molecular weight excluding hydrogens is 354 g/mol. The second kappa shape index (κ2) is 7.24. The highest BCUT2D eigenvalue weighted by molar-refractivity contribution is 6.74. The molecule has 0 aromatic carbocycles. The lowest BCUT2D eigenvalue weighted by molar-refractivity contribution is -0.141. The molecule has 0 bridgehead atoms. The van der Waals surface area contributed by atoms with Gasteiger partial charge in [-0.1, -0.05) is 20.8 Å². The summed E-state index contributed by atoms with van der Waals surface area (Å²) in [5, 5.41) is -0.0195. The Balaban J connectivity index is 2.33. The minimum atomic E-state index is -2.14. The van der Waals surface area contributed by atoms with Crippen LogP contribution in [0.4, 0.5) is 5.82 Å². The van der Waals surface area contributed by atoms with Crippen molar-refractivity contribution < 1.29 is 18.7 Å². The van der Waals surface area contributed by atoms with E-state index < -0.39 is 32.3 Å². The van der Waals surface area contributed by atoms with Crippen LogP contribution in [-0.2, 0) is 18.7 Å². The number of anilines is 1. The zero-order valence-corrected chi connectivity index (χ0v) is 17.1. The molecule has 1 aromatic heterocycles. The summed E-state index contributed by atoms with van der Waals surface area (Å²) in [6.45, 7) is 11.9. The molecule has 144 valence electrons. The summed E-state index contributed by atoms with van der Waals surface area (Å²) < 4.78 is 18.6. The predicted molar refractivity (Wildman–Crippen MR) is 99.8 cm³/mol. The van der Waals surface area contributed by atoms with Crippen molar-refractivity contribution in [1.82, 2.24) is 9.55 Å². The fourth-order valence-electron chi connectivity index (χ4n) is 2.23. The van der Waals surface area contributed by atoms with Crippen LogP contribution in [0.25, 0.3) is 0 Å². The van der Waals surface area contributed by atoms with E-state index in [4.69, 9.17) is 19.6 Å². The average molecular weight is 382 g/mol. The Kier molecular flexibility index (Phi) is 5.62. The maximum Gasteiger partial charge on any atom is 0.352 e. The number of hydrogen-bond donors (Lipinski definition) is 1. The van der Waals surface area contributed by atoms with Gasteiger partial charge in [-0.3, -0.25) is 9.36 Å². The van der Waals surface area contributed by atoms with Crippen LogP contribution in [0.5, 0.6) is 0 Å². The standard InChI is InChI=1S/C17H27N3O5Si/c1-11(21)23-10-12-9-13(25-26(5,6)17(2,3)4)15(24-12)20-8-7-14(18)19-16(20)22/h7-9,13,15H,10H2,1-6H3,(H2,18,19,22)/t13-,15-/m1/s1. The summed E-state index contributed by atoms with van der Waals surface area (Å²) in [6.07, 6.45) is 2.07. The molecule has 1 aliphatic heterocycles. The summed E-state index contributed by atoms with van der Waals surface area (Å²) in [6, 6.07) is 1.53. The van der Waals surface area contributed by atoms with Gasteiger partial charge < -0.3 is 19.6 Å². The first-order chi connectivity index (χ1) is 11.9. The molecule has 0 amide bonds. The zero-order valence-electron chi connectivity index (χ0n) is 16.1. The van der Waals surface area contributed by atoms with Gasteiger partial charge >= 0.3 is 11.7 Å². The Labute approximate surface area is 154 Å². The molecule has 0 radical (unpaired) electrons. The van der Waals surface area contributed by atoms with Gasteiger partial charge in [0, 0.05) is 13.1 Å². The first-order valence-corrected chi connectivity index (χ1v) is 11.3. The van der Waals surface area contributed by atoms with E-state index in [9.17, 15) is 9.59 Å². The quantitative estimate of drug-likeness (QED) is 0.615. The average Bonchev–Trinajstić information content (AvgIpc) is 2.86. The van der Waals surface area contributed by atoms with Crippen molar-refractivity contribution in [3.05, 3.63) is 34.6 Å². The molecule has 0 aliphatic carbocycles. The smallest absolute Gasteiger partial charge is 0.352 e. The van der Waals surface area contributed by atoms with Crippen LogP contribution >= 0.6 is 0 Å². The minimum absolute atomic E-state index is 0.0135. The number of rotatable bonds is 5. The van der Waals surface area contributed by atoms with Gasteiger partial charge in [-0.25, -0.2) is 4.79 Å².